The quantitative estimate of drug-likeness (QED) is 0.749. The van der Waals surface area contributed by atoms with Gasteiger partial charge >= 0.3 is 0 Å². The van der Waals surface area contributed by atoms with Gasteiger partial charge in [0, 0.05) is 17.5 Å². The van der Waals surface area contributed by atoms with E-state index in [-0.39, 0.29) is 12.5 Å². The van der Waals surface area contributed by atoms with Crippen LogP contribution in [0.3, 0.4) is 0 Å². The van der Waals surface area contributed by atoms with Gasteiger partial charge in [-0.15, -0.1) is 11.3 Å². The predicted molar refractivity (Wildman–Crippen MR) is 94.2 cm³/mol. The number of amides is 1. The number of nitriles is 1. The smallest absolute Gasteiger partial charge is 0.244 e. The topological polar surface area (TPSA) is 71.3 Å². The van der Waals surface area contributed by atoms with Crippen molar-refractivity contribution in [3.63, 3.8) is 0 Å². The molecule has 1 heterocycles. The molecular weight excluding hydrogens is 324 g/mol. The number of methoxy groups -OCH3 is 1. The lowest BCUT2D eigenvalue weighted by molar-refractivity contribution is -0.116. The van der Waals surface area contributed by atoms with Gasteiger partial charge in [0.1, 0.15) is 6.07 Å². The lowest BCUT2D eigenvalue weighted by Gasteiger charge is -2.08. The van der Waals surface area contributed by atoms with Crippen molar-refractivity contribution in [2.45, 2.75) is 6.42 Å². The summed E-state index contributed by atoms with van der Waals surface area (Å²) < 4.78 is 10.5. The van der Waals surface area contributed by atoms with Gasteiger partial charge in [0.2, 0.25) is 5.91 Å². The molecule has 0 spiro atoms. The summed E-state index contributed by atoms with van der Waals surface area (Å²) in [5.74, 6) is 0.873. The fourth-order valence-corrected chi connectivity index (χ4v) is 2.72. The summed E-state index contributed by atoms with van der Waals surface area (Å²) in [5, 5.41) is 13.4. The Morgan fingerprint density at radius 3 is 2.96 bits per heavy atom. The molecule has 0 radical (unpaired) electrons. The normalized spacial score (nSPS) is 10.3. The molecule has 2 rings (SSSR count). The van der Waals surface area contributed by atoms with Crippen LogP contribution in [0, 0.1) is 11.3 Å². The van der Waals surface area contributed by atoms with E-state index in [0.29, 0.717) is 18.0 Å². The number of ether oxygens (including phenoxy) is 2. The van der Waals surface area contributed by atoms with Gasteiger partial charge in [0.15, 0.2) is 18.1 Å². The number of carbonyl (C=O) groups is 1. The minimum atomic E-state index is -0.143. The molecule has 0 fully saturated rings. The predicted octanol–water partition coefficient (Wildman–Crippen LogP) is 3.03. The van der Waals surface area contributed by atoms with Crippen LogP contribution in [0.1, 0.15) is 10.4 Å². The van der Waals surface area contributed by atoms with E-state index in [2.05, 4.69) is 11.4 Å². The van der Waals surface area contributed by atoms with E-state index < -0.39 is 0 Å². The summed E-state index contributed by atoms with van der Waals surface area (Å²) in [5.41, 5.74) is 0.810. The van der Waals surface area contributed by atoms with Crippen LogP contribution in [0.4, 0.5) is 0 Å². The van der Waals surface area contributed by atoms with Crippen LogP contribution in [0.5, 0.6) is 11.5 Å². The van der Waals surface area contributed by atoms with Crippen molar-refractivity contribution in [3.8, 4) is 17.6 Å². The van der Waals surface area contributed by atoms with Crippen LogP contribution in [-0.4, -0.2) is 26.2 Å². The molecule has 0 bridgehead atoms. The third kappa shape index (κ3) is 5.45. The first kappa shape index (κ1) is 17.6. The van der Waals surface area contributed by atoms with Gasteiger partial charge in [-0.2, -0.15) is 5.26 Å². The number of carbonyl (C=O) groups excluding carboxylic acids is 1. The minimum absolute atomic E-state index is 0.0435. The molecule has 1 aromatic carbocycles. The minimum Gasteiger partial charge on any atom is -0.493 e. The average molecular weight is 342 g/mol. The van der Waals surface area contributed by atoms with Gasteiger partial charge < -0.3 is 14.8 Å². The molecule has 2 aromatic rings. The Labute approximate surface area is 145 Å². The van der Waals surface area contributed by atoms with Crippen LogP contribution in [0.15, 0.2) is 41.8 Å². The zero-order valence-electron chi connectivity index (χ0n) is 13.3. The van der Waals surface area contributed by atoms with Gasteiger partial charge in [0.05, 0.1) is 7.11 Å². The maximum Gasteiger partial charge on any atom is 0.244 e. The molecule has 1 N–H and O–H groups in total. The highest BCUT2D eigenvalue weighted by Crippen LogP contribution is 2.28. The summed E-state index contributed by atoms with van der Waals surface area (Å²) in [6.45, 7) is 0.562. The van der Waals surface area contributed by atoms with Crippen LogP contribution in [0.25, 0.3) is 6.08 Å². The first-order valence-electron chi connectivity index (χ1n) is 7.39. The van der Waals surface area contributed by atoms with Crippen LogP contribution in [0.2, 0.25) is 0 Å². The van der Waals surface area contributed by atoms with E-state index in [4.69, 9.17) is 14.7 Å². The summed E-state index contributed by atoms with van der Waals surface area (Å²) in [6, 6.07) is 11.2. The molecule has 1 aromatic heterocycles. The maximum absolute atomic E-state index is 11.8. The van der Waals surface area contributed by atoms with Crippen molar-refractivity contribution in [2.24, 2.45) is 0 Å². The van der Waals surface area contributed by atoms with E-state index in [1.54, 1.807) is 35.6 Å². The first-order valence-corrected chi connectivity index (χ1v) is 8.27. The van der Waals surface area contributed by atoms with Crippen molar-refractivity contribution in [2.75, 3.05) is 20.3 Å². The number of rotatable bonds is 8. The Hall–Kier alpha value is -2.78. The highest BCUT2D eigenvalue weighted by Gasteiger charge is 2.05. The molecule has 124 valence electrons. The monoisotopic (exact) mass is 342 g/mol. The van der Waals surface area contributed by atoms with E-state index in [9.17, 15) is 4.79 Å². The molecular formula is C18H18N2O3S. The molecule has 6 heteroatoms. The zero-order valence-corrected chi connectivity index (χ0v) is 14.1. The van der Waals surface area contributed by atoms with E-state index in [1.165, 1.54) is 18.1 Å². The van der Waals surface area contributed by atoms with Crippen molar-refractivity contribution in [1.82, 2.24) is 5.32 Å². The second-order valence-electron chi connectivity index (χ2n) is 4.81. The maximum atomic E-state index is 11.8. The highest BCUT2D eigenvalue weighted by atomic mass is 32.1. The van der Waals surface area contributed by atoms with Gasteiger partial charge in [-0.1, -0.05) is 12.1 Å². The Kier molecular flexibility index (Phi) is 6.87. The summed E-state index contributed by atoms with van der Waals surface area (Å²) in [4.78, 5) is 13.1. The SMILES string of the molecule is COc1cc(/C=C/C(=O)NCCc2cccs2)ccc1OCC#N. The van der Waals surface area contributed by atoms with Crippen molar-refractivity contribution in [3.05, 3.63) is 52.2 Å². The van der Waals surface area contributed by atoms with Gasteiger partial charge in [-0.25, -0.2) is 0 Å². The molecule has 0 saturated heterocycles. The molecule has 0 atom stereocenters. The van der Waals surface area contributed by atoms with Crippen molar-refractivity contribution < 1.29 is 14.3 Å². The van der Waals surface area contributed by atoms with Crippen molar-refractivity contribution >= 4 is 23.3 Å². The van der Waals surface area contributed by atoms with E-state index >= 15 is 0 Å². The van der Waals surface area contributed by atoms with E-state index in [0.717, 1.165) is 12.0 Å². The number of hydrogen-bond acceptors (Lipinski definition) is 5. The summed E-state index contributed by atoms with van der Waals surface area (Å²) >= 11 is 1.68. The molecule has 1 amide bonds. The Morgan fingerprint density at radius 1 is 1.38 bits per heavy atom. The molecule has 0 aliphatic rings. The summed E-state index contributed by atoms with van der Waals surface area (Å²) in [6.07, 6.45) is 4.02. The lowest BCUT2D eigenvalue weighted by atomic mass is 10.2. The fourth-order valence-electron chi connectivity index (χ4n) is 2.01. The molecule has 0 saturated carbocycles. The van der Waals surface area contributed by atoms with Crippen LogP contribution in [-0.2, 0) is 11.2 Å². The van der Waals surface area contributed by atoms with Crippen molar-refractivity contribution in [1.29, 1.82) is 5.26 Å². The highest BCUT2D eigenvalue weighted by molar-refractivity contribution is 7.09. The van der Waals surface area contributed by atoms with Crippen LogP contribution < -0.4 is 14.8 Å². The summed E-state index contributed by atoms with van der Waals surface area (Å²) in [7, 11) is 1.53. The van der Waals surface area contributed by atoms with Gasteiger partial charge in [-0.3, -0.25) is 4.79 Å². The Balaban J connectivity index is 1.88. The first-order chi connectivity index (χ1) is 11.7. The largest absolute Gasteiger partial charge is 0.493 e. The molecule has 0 unspecified atom stereocenters. The van der Waals surface area contributed by atoms with E-state index in [1.807, 2.05) is 17.5 Å². The number of nitrogens with one attached hydrogen (secondary N) is 1. The Bertz CT molecular complexity index is 733. The second-order valence-corrected chi connectivity index (χ2v) is 5.84. The average Bonchev–Trinajstić information content (AvgIpc) is 3.11. The Morgan fingerprint density at radius 2 is 2.25 bits per heavy atom. The molecule has 0 aliphatic carbocycles. The third-order valence-corrected chi connectivity index (χ3v) is 4.09. The number of thiophene rings is 1. The number of hydrogen-bond donors (Lipinski definition) is 1. The molecule has 0 aliphatic heterocycles. The second kappa shape index (κ2) is 9.38. The zero-order chi connectivity index (χ0) is 17.2. The fraction of sp³-hybridized carbons (Fsp3) is 0.222. The van der Waals surface area contributed by atoms with Gasteiger partial charge in [-0.05, 0) is 41.6 Å². The standard InChI is InChI=1S/C18H18N2O3S/c1-22-17-13-14(4-6-16(17)23-11-9-19)5-7-18(21)20-10-8-15-3-2-12-24-15/h2-7,12-13H,8,10-11H2,1H3,(H,20,21)/b7-5+. The van der Waals surface area contributed by atoms with Gasteiger partial charge in [0.25, 0.3) is 0 Å². The third-order valence-electron chi connectivity index (χ3n) is 3.16. The number of nitrogens with zero attached hydrogens (tertiary/aromatic N) is 1. The molecule has 5 nitrogen and oxygen atoms in total. The lowest BCUT2D eigenvalue weighted by Crippen LogP contribution is -2.23. The molecule has 24 heavy (non-hydrogen) atoms. The number of benzene rings is 1. The van der Waals surface area contributed by atoms with Crippen LogP contribution >= 0.6 is 11.3 Å².